The third-order valence-electron chi connectivity index (χ3n) is 4.19. The second-order valence-electron chi connectivity index (χ2n) is 7.49. The van der Waals surface area contributed by atoms with E-state index in [-0.39, 0.29) is 6.09 Å². The van der Waals surface area contributed by atoms with Gasteiger partial charge in [0.1, 0.15) is 5.60 Å². The fourth-order valence-electron chi connectivity index (χ4n) is 2.98. The molecule has 1 aliphatic heterocycles. The van der Waals surface area contributed by atoms with Crippen molar-refractivity contribution in [2.75, 3.05) is 13.1 Å². The van der Waals surface area contributed by atoms with Gasteiger partial charge in [-0.05, 0) is 70.1 Å². The molecule has 23 heavy (non-hydrogen) atoms. The van der Waals surface area contributed by atoms with Crippen LogP contribution in [0, 0.1) is 19.8 Å². The molecule has 1 aliphatic rings. The predicted octanol–water partition coefficient (Wildman–Crippen LogP) is 4.96. The molecule has 1 atom stereocenters. The Bertz CT molecular complexity index is 564. The van der Waals surface area contributed by atoms with Gasteiger partial charge in [-0.25, -0.2) is 4.79 Å². The van der Waals surface area contributed by atoms with E-state index in [1.807, 2.05) is 25.7 Å². The van der Waals surface area contributed by atoms with Crippen LogP contribution in [0.1, 0.15) is 50.3 Å². The quantitative estimate of drug-likeness (QED) is 0.771. The van der Waals surface area contributed by atoms with E-state index in [0.29, 0.717) is 5.92 Å². The van der Waals surface area contributed by atoms with Gasteiger partial charge in [0.05, 0.1) is 0 Å². The second-order valence-corrected chi connectivity index (χ2v) is 7.49. The van der Waals surface area contributed by atoms with Gasteiger partial charge in [0.15, 0.2) is 0 Å². The monoisotopic (exact) mass is 315 g/mol. The zero-order valence-electron chi connectivity index (χ0n) is 15.1. The minimum Gasteiger partial charge on any atom is -0.444 e. The Hall–Kier alpha value is -1.77. The Morgan fingerprint density at radius 1 is 1.26 bits per heavy atom. The van der Waals surface area contributed by atoms with Crippen molar-refractivity contribution in [3.8, 4) is 0 Å². The lowest BCUT2D eigenvalue weighted by molar-refractivity contribution is 0.0187. The molecule has 1 fully saturated rings. The molecular weight excluding hydrogens is 286 g/mol. The highest BCUT2D eigenvalue weighted by molar-refractivity contribution is 5.68. The topological polar surface area (TPSA) is 29.5 Å². The van der Waals surface area contributed by atoms with Gasteiger partial charge in [-0.1, -0.05) is 30.4 Å². The van der Waals surface area contributed by atoms with Crippen molar-refractivity contribution in [2.45, 2.75) is 53.1 Å². The number of aryl methyl sites for hydroxylation is 2. The Balaban J connectivity index is 2.01. The van der Waals surface area contributed by atoms with Crippen LogP contribution in [-0.2, 0) is 4.74 Å². The van der Waals surface area contributed by atoms with Crippen molar-refractivity contribution in [3.63, 3.8) is 0 Å². The molecular formula is C20H29NO2. The van der Waals surface area contributed by atoms with Crippen LogP contribution in [0.3, 0.4) is 0 Å². The summed E-state index contributed by atoms with van der Waals surface area (Å²) in [5.41, 5.74) is 3.45. The number of carbonyl (C=O) groups excluding carboxylic acids is 1. The van der Waals surface area contributed by atoms with E-state index in [2.05, 4.69) is 44.2 Å². The summed E-state index contributed by atoms with van der Waals surface area (Å²) >= 11 is 0. The summed E-state index contributed by atoms with van der Waals surface area (Å²) in [6.07, 6.45) is 6.43. The van der Waals surface area contributed by atoms with Crippen LogP contribution in [-0.4, -0.2) is 29.7 Å². The molecule has 2 rings (SSSR count). The average molecular weight is 315 g/mol. The standard InChI is InChI=1S/C20H29NO2/c1-15-8-6-9-16(2)18(15)12-11-17-10-7-13-21(14-17)19(22)23-20(3,4)5/h6,8-9,11-12,17H,7,10,13-14H2,1-5H3. The summed E-state index contributed by atoms with van der Waals surface area (Å²) in [6.45, 7) is 11.5. The first kappa shape index (κ1) is 17.6. The third kappa shape index (κ3) is 5.12. The number of likely N-dealkylation sites (tertiary alicyclic amines) is 1. The molecule has 0 aromatic heterocycles. The maximum atomic E-state index is 12.2. The normalized spacial score (nSPS) is 19.2. The SMILES string of the molecule is Cc1cccc(C)c1C=CC1CCCN(C(=O)OC(C)(C)C)C1. The number of piperidine rings is 1. The highest BCUT2D eigenvalue weighted by Gasteiger charge is 2.26. The number of nitrogens with zero attached hydrogens (tertiary/aromatic N) is 1. The number of benzene rings is 1. The molecule has 1 aromatic carbocycles. The average Bonchev–Trinajstić information content (AvgIpc) is 2.45. The van der Waals surface area contributed by atoms with Crippen LogP contribution in [0.5, 0.6) is 0 Å². The third-order valence-corrected chi connectivity index (χ3v) is 4.19. The number of ether oxygens (including phenoxy) is 1. The predicted molar refractivity (Wildman–Crippen MR) is 95.5 cm³/mol. The molecule has 3 heteroatoms. The van der Waals surface area contributed by atoms with Crippen molar-refractivity contribution in [3.05, 3.63) is 41.0 Å². The number of hydrogen-bond acceptors (Lipinski definition) is 2. The van der Waals surface area contributed by atoms with Crippen LogP contribution in [0.4, 0.5) is 4.79 Å². The summed E-state index contributed by atoms with van der Waals surface area (Å²) < 4.78 is 5.49. The van der Waals surface area contributed by atoms with Crippen molar-refractivity contribution < 1.29 is 9.53 Å². The van der Waals surface area contributed by atoms with Crippen molar-refractivity contribution >= 4 is 12.2 Å². The summed E-state index contributed by atoms with van der Waals surface area (Å²) in [6, 6.07) is 6.37. The highest BCUT2D eigenvalue weighted by Crippen LogP contribution is 2.22. The maximum Gasteiger partial charge on any atom is 0.410 e. The molecule has 1 heterocycles. The Kier molecular flexibility index (Phi) is 5.51. The number of carbonyl (C=O) groups is 1. The maximum absolute atomic E-state index is 12.2. The zero-order chi connectivity index (χ0) is 17.0. The Morgan fingerprint density at radius 2 is 1.91 bits per heavy atom. The summed E-state index contributed by atoms with van der Waals surface area (Å²) in [5.74, 6) is 0.398. The number of amides is 1. The largest absolute Gasteiger partial charge is 0.444 e. The molecule has 1 amide bonds. The molecule has 0 aliphatic carbocycles. The van der Waals surface area contributed by atoms with Crippen molar-refractivity contribution in [2.24, 2.45) is 5.92 Å². The number of hydrogen-bond donors (Lipinski definition) is 0. The van der Waals surface area contributed by atoms with E-state index in [1.54, 1.807) is 0 Å². The minimum atomic E-state index is -0.432. The molecule has 3 nitrogen and oxygen atoms in total. The summed E-state index contributed by atoms with van der Waals surface area (Å²) in [4.78, 5) is 14.1. The molecule has 1 aromatic rings. The Labute approximate surface area is 140 Å². The molecule has 126 valence electrons. The van der Waals surface area contributed by atoms with Crippen LogP contribution < -0.4 is 0 Å². The van der Waals surface area contributed by atoms with Gasteiger partial charge in [-0.15, -0.1) is 0 Å². The number of rotatable bonds is 2. The van der Waals surface area contributed by atoms with Gasteiger partial charge in [-0.2, -0.15) is 0 Å². The fraction of sp³-hybridized carbons (Fsp3) is 0.550. The van der Waals surface area contributed by atoms with Gasteiger partial charge in [0.25, 0.3) is 0 Å². The van der Waals surface area contributed by atoms with Crippen molar-refractivity contribution in [1.82, 2.24) is 4.90 Å². The zero-order valence-corrected chi connectivity index (χ0v) is 15.1. The van der Waals surface area contributed by atoms with Crippen LogP contribution in [0.2, 0.25) is 0 Å². The van der Waals surface area contributed by atoms with Crippen LogP contribution in [0.15, 0.2) is 24.3 Å². The minimum absolute atomic E-state index is 0.192. The lowest BCUT2D eigenvalue weighted by atomic mass is 9.95. The Morgan fingerprint density at radius 3 is 2.52 bits per heavy atom. The van der Waals surface area contributed by atoms with Gasteiger partial charge in [0.2, 0.25) is 0 Å². The van der Waals surface area contributed by atoms with Crippen LogP contribution >= 0.6 is 0 Å². The molecule has 0 saturated carbocycles. The van der Waals surface area contributed by atoms with Gasteiger partial charge < -0.3 is 9.64 Å². The molecule has 1 unspecified atom stereocenters. The lowest BCUT2D eigenvalue weighted by Gasteiger charge is -2.33. The molecule has 1 saturated heterocycles. The first-order valence-corrected chi connectivity index (χ1v) is 8.48. The van der Waals surface area contributed by atoms with E-state index in [0.717, 1.165) is 25.9 Å². The highest BCUT2D eigenvalue weighted by atomic mass is 16.6. The summed E-state index contributed by atoms with van der Waals surface area (Å²) in [5, 5.41) is 0. The smallest absolute Gasteiger partial charge is 0.410 e. The van der Waals surface area contributed by atoms with E-state index in [4.69, 9.17) is 4.74 Å². The molecule has 0 N–H and O–H groups in total. The first-order chi connectivity index (χ1) is 10.8. The van der Waals surface area contributed by atoms with Crippen molar-refractivity contribution in [1.29, 1.82) is 0 Å². The van der Waals surface area contributed by atoms with E-state index >= 15 is 0 Å². The summed E-state index contributed by atoms with van der Waals surface area (Å²) in [7, 11) is 0. The van der Waals surface area contributed by atoms with Gasteiger partial charge in [0, 0.05) is 13.1 Å². The van der Waals surface area contributed by atoms with E-state index in [1.165, 1.54) is 16.7 Å². The van der Waals surface area contributed by atoms with Crippen LogP contribution in [0.25, 0.3) is 6.08 Å². The van der Waals surface area contributed by atoms with Gasteiger partial charge in [-0.3, -0.25) is 0 Å². The molecule has 0 bridgehead atoms. The molecule has 0 radical (unpaired) electrons. The first-order valence-electron chi connectivity index (χ1n) is 8.48. The van der Waals surface area contributed by atoms with E-state index < -0.39 is 5.60 Å². The van der Waals surface area contributed by atoms with E-state index in [9.17, 15) is 4.79 Å². The van der Waals surface area contributed by atoms with Gasteiger partial charge >= 0.3 is 6.09 Å². The lowest BCUT2D eigenvalue weighted by Crippen LogP contribution is -2.42. The fourth-order valence-corrected chi connectivity index (χ4v) is 2.98. The second kappa shape index (κ2) is 7.20. The molecule has 0 spiro atoms.